The van der Waals surface area contributed by atoms with Gasteiger partial charge in [0.2, 0.25) is 0 Å². The van der Waals surface area contributed by atoms with Gasteiger partial charge in [-0.1, -0.05) is 28.4 Å². The predicted molar refractivity (Wildman–Crippen MR) is 144 cm³/mol. The molecular formula is C27H25N7O4. The predicted octanol–water partition coefficient (Wildman–Crippen LogP) is 6.40. The van der Waals surface area contributed by atoms with E-state index >= 15 is 0 Å². The Balaban J connectivity index is 1.17. The van der Waals surface area contributed by atoms with Crippen LogP contribution in [0, 0.1) is 0 Å². The molecule has 1 heterocycles. The molecule has 0 amide bonds. The molecule has 0 aliphatic heterocycles. The Hall–Kier alpha value is -4.79. The fraction of sp³-hybridized carbons (Fsp3) is 0.222. The van der Waals surface area contributed by atoms with Crippen LogP contribution in [0.5, 0.6) is 5.75 Å². The first kappa shape index (κ1) is 26.3. The summed E-state index contributed by atoms with van der Waals surface area (Å²) in [4.78, 5) is 17.9. The molecule has 0 aliphatic rings. The molecule has 0 unspecified atom stereocenters. The minimum Gasteiger partial charge on any atom is -0.491 e. The van der Waals surface area contributed by atoms with Crippen molar-refractivity contribution < 1.29 is 13.9 Å². The second-order valence-electron chi connectivity index (χ2n) is 8.22. The zero-order chi connectivity index (χ0) is 26.6. The number of rotatable bonds is 13. The van der Waals surface area contributed by atoms with E-state index in [9.17, 15) is 4.79 Å². The van der Waals surface area contributed by atoms with Crippen molar-refractivity contribution in [3.05, 3.63) is 115 Å². The summed E-state index contributed by atoms with van der Waals surface area (Å²) >= 11 is 0. The lowest BCUT2D eigenvalue weighted by molar-refractivity contribution is 0.102. The largest absolute Gasteiger partial charge is 0.491 e. The molecule has 3 aromatic carbocycles. The number of nitrogens with one attached hydrogen (secondary N) is 1. The van der Waals surface area contributed by atoms with Crippen LogP contribution in [-0.4, -0.2) is 26.4 Å². The molecule has 1 N–H and O–H groups in total. The van der Waals surface area contributed by atoms with Crippen molar-refractivity contribution in [1.82, 2.24) is 5.32 Å². The average Bonchev–Trinajstić information content (AvgIpc) is 2.94. The van der Waals surface area contributed by atoms with Crippen molar-refractivity contribution in [2.75, 3.05) is 26.4 Å². The average molecular weight is 512 g/mol. The van der Waals surface area contributed by atoms with Crippen LogP contribution in [0.25, 0.3) is 43.2 Å². The number of azide groups is 2. The van der Waals surface area contributed by atoms with Gasteiger partial charge in [-0.15, -0.1) is 0 Å². The van der Waals surface area contributed by atoms with Crippen LogP contribution in [0.2, 0.25) is 0 Å². The highest BCUT2D eigenvalue weighted by Gasteiger charge is 2.07. The molecule has 4 rings (SSSR count). The molecule has 1 aromatic heterocycles. The van der Waals surface area contributed by atoms with E-state index in [0.717, 1.165) is 16.7 Å². The highest BCUT2D eigenvalue weighted by atomic mass is 16.5. The zero-order valence-corrected chi connectivity index (χ0v) is 20.5. The fourth-order valence-corrected chi connectivity index (χ4v) is 3.82. The van der Waals surface area contributed by atoms with Gasteiger partial charge in [0.05, 0.1) is 25.1 Å². The Morgan fingerprint density at radius 3 is 2.53 bits per heavy atom. The number of hydrogen-bond donors (Lipinski definition) is 1. The fourth-order valence-electron chi connectivity index (χ4n) is 3.82. The monoisotopic (exact) mass is 511 g/mol. The Kier molecular flexibility index (Phi) is 9.33. The van der Waals surface area contributed by atoms with Crippen LogP contribution < -0.4 is 15.5 Å². The van der Waals surface area contributed by atoms with Gasteiger partial charge in [-0.05, 0) is 70.7 Å². The van der Waals surface area contributed by atoms with Crippen molar-refractivity contribution in [3.8, 4) is 17.1 Å². The maximum Gasteiger partial charge on any atom is 0.193 e. The first-order valence-electron chi connectivity index (χ1n) is 11.9. The molecule has 0 radical (unpaired) electrons. The SMILES string of the molecule is [N-]=[N+]=NCc1cc(CNCCOCCOc2ccc(-c3cc(=O)c4ccccc4o3)cc2)cc(N=[N+]=[N-])c1. The van der Waals surface area contributed by atoms with Crippen LogP contribution in [0.4, 0.5) is 5.69 Å². The molecule has 0 bridgehead atoms. The lowest BCUT2D eigenvalue weighted by Gasteiger charge is -2.10. The summed E-state index contributed by atoms with van der Waals surface area (Å²) in [6, 6.07) is 21.4. The minimum absolute atomic E-state index is 0.0782. The van der Waals surface area contributed by atoms with Gasteiger partial charge in [0, 0.05) is 40.2 Å². The Bertz CT molecular complexity index is 1540. The molecule has 0 saturated carbocycles. The van der Waals surface area contributed by atoms with Crippen LogP contribution >= 0.6 is 0 Å². The zero-order valence-electron chi connectivity index (χ0n) is 20.5. The molecule has 0 atom stereocenters. The summed E-state index contributed by atoms with van der Waals surface area (Å²) < 4.78 is 17.2. The topological polar surface area (TPSA) is 158 Å². The van der Waals surface area contributed by atoms with E-state index in [1.807, 2.05) is 42.5 Å². The molecular weight excluding hydrogens is 486 g/mol. The number of hydrogen-bond acceptors (Lipinski definition) is 7. The summed E-state index contributed by atoms with van der Waals surface area (Å²) in [5, 5.41) is 11.0. The third-order valence-electron chi connectivity index (χ3n) is 5.54. The van der Waals surface area contributed by atoms with Crippen molar-refractivity contribution >= 4 is 16.7 Å². The highest BCUT2D eigenvalue weighted by Crippen LogP contribution is 2.24. The Labute approximate surface area is 217 Å². The molecule has 0 saturated heterocycles. The van der Waals surface area contributed by atoms with E-state index in [1.54, 1.807) is 24.3 Å². The van der Waals surface area contributed by atoms with Crippen LogP contribution in [0.3, 0.4) is 0 Å². The molecule has 11 heteroatoms. The highest BCUT2D eigenvalue weighted by molar-refractivity contribution is 5.78. The smallest absolute Gasteiger partial charge is 0.193 e. The molecule has 38 heavy (non-hydrogen) atoms. The van der Waals surface area contributed by atoms with Crippen molar-refractivity contribution in [2.45, 2.75) is 13.1 Å². The quantitative estimate of drug-likeness (QED) is 0.0950. The van der Waals surface area contributed by atoms with Gasteiger partial charge >= 0.3 is 0 Å². The maximum atomic E-state index is 12.3. The standard InChI is InChI=1S/C27H25N7O4/c28-33-31-18-20-13-19(14-22(15-20)32-34-29)17-30-9-10-36-11-12-37-23-7-5-21(6-8-23)27-16-25(35)24-3-1-2-4-26(24)38-27/h1-8,13-16,30H,9-12,17-18H2. The molecule has 192 valence electrons. The van der Waals surface area contributed by atoms with Gasteiger partial charge in [0.1, 0.15) is 23.7 Å². The summed E-state index contributed by atoms with van der Waals surface area (Å²) in [6.45, 7) is 2.65. The number of fused-ring (bicyclic) bond motifs is 1. The van der Waals surface area contributed by atoms with E-state index in [0.29, 0.717) is 61.1 Å². The van der Waals surface area contributed by atoms with E-state index in [4.69, 9.17) is 25.0 Å². The van der Waals surface area contributed by atoms with Gasteiger partial charge in [0.15, 0.2) is 5.43 Å². The van der Waals surface area contributed by atoms with E-state index < -0.39 is 0 Å². The first-order valence-corrected chi connectivity index (χ1v) is 11.9. The number of benzene rings is 3. The van der Waals surface area contributed by atoms with Crippen molar-refractivity contribution in [3.63, 3.8) is 0 Å². The van der Waals surface area contributed by atoms with Crippen LogP contribution in [0.1, 0.15) is 11.1 Å². The lowest BCUT2D eigenvalue weighted by Crippen LogP contribution is -2.20. The number of nitrogens with zero attached hydrogens (tertiary/aromatic N) is 6. The summed E-state index contributed by atoms with van der Waals surface area (Å²) in [6.07, 6.45) is 0. The minimum atomic E-state index is -0.0782. The number of para-hydroxylation sites is 1. The number of ether oxygens (including phenoxy) is 2. The van der Waals surface area contributed by atoms with E-state index in [-0.39, 0.29) is 12.0 Å². The first-order chi connectivity index (χ1) is 18.7. The molecule has 11 nitrogen and oxygen atoms in total. The van der Waals surface area contributed by atoms with Crippen LogP contribution in [-0.2, 0) is 17.8 Å². The van der Waals surface area contributed by atoms with Gasteiger partial charge in [-0.2, -0.15) is 0 Å². The molecule has 0 spiro atoms. The second kappa shape index (κ2) is 13.5. The third kappa shape index (κ3) is 7.36. The van der Waals surface area contributed by atoms with Gasteiger partial charge in [-0.25, -0.2) is 0 Å². The normalized spacial score (nSPS) is 10.5. The Morgan fingerprint density at radius 1 is 0.895 bits per heavy atom. The summed E-state index contributed by atoms with van der Waals surface area (Å²) in [5.74, 6) is 1.20. The third-order valence-corrected chi connectivity index (χ3v) is 5.54. The lowest BCUT2D eigenvalue weighted by atomic mass is 10.1. The van der Waals surface area contributed by atoms with E-state index in [2.05, 4.69) is 25.4 Å². The van der Waals surface area contributed by atoms with Gasteiger partial charge < -0.3 is 19.2 Å². The molecule has 4 aromatic rings. The molecule has 0 fully saturated rings. The van der Waals surface area contributed by atoms with Crippen LogP contribution in [0.15, 0.2) is 92.2 Å². The van der Waals surface area contributed by atoms with Crippen molar-refractivity contribution in [1.29, 1.82) is 0 Å². The summed E-state index contributed by atoms with van der Waals surface area (Å²) in [5.41, 5.74) is 20.6. The van der Waals surface area contributed by atoms with Crippen molar-refractivity contribution in [2.24, 2.45) is 10.2 Å². The summed E-state index contributed by atoms with van der Waals surface area (Å²) in [7, 11) is 0. The van der Waals surface area contributed by atoms with E-state index in [1.165, 1.54) is 6.07 Å². The molecule has 0 aliphatic carbocycles. The second-order valence-corrected chi connectivity index (χ2v) is 8.22. The Morgan fingerprint density at radius 2 is 1.71 bits per heavy atom. The maximum absolute atomic E-state index is 12.3. The van der Waals surface area contributed by atoms with Gasteiger partial charge in [-0.3, -0.25) is 4.79 Å². The van der Waals surface area contributed by atoms with Gasteiger partial charge in [0.25, 0.3) is 0 Å².